The summed E-state index contributed by atoms with van der Waals surface area (Å²) in [5, 5.41) is 8.47. The minimum Gasteiger partial charge on any atom is -0.325 e. The quantitative estimate of drug-likeness (QED) is 0.919. The Kier molecular flexibility index (Phi) is 4.32. The molecule has 2 aromatic rings. The molecule has 3 rings (SSSR count). The van der Waals surface area contributed by atoms with Crippen molar-refractivity contribution in [2.24, 2.45) is 5.92 Å². The zero-order valence-corrected chi connectivity index (χ0v) is 13.4. The Morgan fingerprint density at radius 2 is 2.23 bits per heavy atom. The fourth-order valence-corrected chi connectivity index (χ4v) is 3.07. The number of nitrogens with zero attached hydrogens (tertiary/aromatic N) is 3. The standard InChI is InChI=1S/C17H24N4O/c1-3-21-16-11-15(7-6-14(16)12-18-21)19-17(22)20-9-4-5-13(2)8-10-20/h6-7,11-13H,3-5,8-10H2,1-2H3,(H,19,22). The summed E-state index contributed by atoms with van der Waals surface area (Å²) in [7, 11) is 0. The fourth-order valence-electron chi connectivity index (χ4n) is 3.07. The maximum atomic E-state index is 12.4. The van der Waals surface area contributed by atoms with Crippen LogP contribution in [0, 0.1) is 5.92 Å². The molecule has 0 bridgehead atoms. The average molecular weight is 300 g/mol. The summed E-state index contributed by atoms with van der Waals surface area (Å²) in [5.74, 6) is 0.716. The highest BCUT2D eigenvalue weighted by Crippen LogP contribution is 2.21. The minimum absolute atomic E-state index is 0.0102. The van der Waals surface area contributed by atoms with Crippen molar-refractivity contribution in [3.05, 3.63) is 24.4 Å². The molecule has 5 heteroatoms. The van der Waals surface area contributed by atoms with Crippen LogP contribution in [-0.4, -0.2) is 33.8 Å². The van der Waals surface area contributed by atoms with E-state index >= 15 is 0 Å². The van der Waals surface area contributed by atoms with E-state index in [0.29, 0.717) is 5.92 Å². The molecule has 1 aliphatic rings. The van der Waals surface area contributed by atoms with Crippen molar-refractivity contribution in [2.75, 3.05) is 18.4 Å². The van der Waals surface area contributed by atoms with Crippen molar-refractivity contribution in [1.29, 1.82) is 0 Å². The number of likely N-dealkylation sites (tertiary alicyclic amines) is 1. The van der Waals surface area contributed by atoms with Gasteiger partial charge < -0.3 is 10.2 Å². The van der Waals surface area contributed by atoms with Crippen molar-refractivity contribution in [1.82, 2.24) is 14.7 Å². The van der Waals surface area contributed by atoms with E-state index in [2.05, 4.69) is 24.3 Å². The highest BCUT2D eigenvalue weighted by Gasteiger charge is 2.18. The fraction of sp³-hybridized carbons (Fsp3) is 0.529. The molecule has 0 saturated carbocycles. The molecule has 1 unspecified atom stereocenters. The van der Waals surface area contributed by atoms with Gasteiger partial charge in [-0.2, -0.15) is 5.10 Å². The van der Waals surface area contributed by atoms with Crippen LogP contribution in [0.15, 0.2) is 24.4 Å². The molecule has 0 spiro atoms. The van der Waals surface area contributed by atoms with E-state index < -0.39 is 0 Å². The molecule has 1 aromatic carbocycles. The first-order valence-corrected chi connectivity index (χ1v) is 8.19. The number of carbonyl (C=O) groups excluding carboxylic acids is 1. The summed E-state index contributed by atoms with van der Waals surface area (Å²) in [6.45, 7) is 6.86. The average Bonchev–Trinajstić information content (AvgIpc) is 2.79. The van der Waals surface area contributed by atoms with Gasteiger partial charge in [0.05, 0.1) is 11.7 Å². The summed E-state index contributed by atoms with van der Waals surface area (Å²) in [4.78, 5) is 14.4. The topological polar surface area (TPSA) is 50.2 Å². The molecule has 22 heavy (non-hydrogen) atoms. The molecule has 1 atom stereocenters. The van der Waals surface area contributed by atoms with Gasteiger partial charge in [0.15, 0.2) is 0 Å². The summed E-state index contributed by atoms with van der Waals surface area (Å²) in [6, 6.07) is 5.97. The third kappa shape index (κ3) is 3.08. The van der Waals surface area contributed by atoms with Gasteiger partial charge in [-0.1, -0.05) is 6.92 Å². The lowest BCUT2D eigenvalue weighted by Crippen LogP contribution is -2.35. The molecule has 1 fully saturated rings. The molecule has 1 N–H and O–H groups in total. The number of anilines is 1. The van der Waals surface area contributed by atoms with Crippen LogP contribution in [-0.2, 0) is 6.54 Å². The lowest BCUT2D eigenvalue weighted by Gasteiger charge is -2.21. The predicted molar refractivity (Wildman–Crippen MR) is 89.0 cm³/mol. The number of fused-ring (bicyclic) bond motifs is 1. The SMILES string of the molecule is CCn1ncc2ccc(NC(=O)N3CCCC(C)CC3)cc21. The van der Waals surface area contributed by atoms with E-state index in [-0.39, 0.29) is 6.03 Å². The second-order valence-electron chi connectivity index (χ2n) is 6.19. The number of carbonyl (C=O) groups is 1. The lowest BCUT2D eigenvalue weighted by molar-refractivity contribution is 0.213. The smallest absolute Gasteiger partial charge is 0.321 e. The highest BCUT2D eigenvalue weighted by molar-refractivity contribution is 5.92. The Morgan fingerprint density at radius 3 is 3.05 bits per heavy atom. The Balaban J connectivity index is 1.73. The van der Waals surface area contributed by atoms with Gasteiger partial charge in [-0.15, -0.1) is 0 Å². The van der Waals surface area contributed by atoms with E-state index in [9.17, 15) is 4.79 Å². The van der Waals surface area contributed by atoms with E-state index in [4.69, 9.17) is 0 Å². The molecule has 2 heterocycles. The number of hydrogen-bond acceptors (Lipinski definition) is 2. The van der Waals surface area contributed by atoms with E-state index in [1.165, 1.54) is 6.42 Å². The molecule has 2 amide bonds. The minimum atomic E-state index is 0.0102. The molecule has 1 aliphatic heterocycles. The van der Waals surface area contributed by atoms with Gasteiger partial charge >= 0.3 is 6.03 Å². The summed E-state index contributed by atoms with van der Waals surface area (Å²) in [6.07, 6.45) is 5.26. The number of nitrogens with one attached hydrogen (secondary N) is 1. The molecule has 5 nitrogen and oxygen atoms in total. The summed E-state index contributed by atoms with van der Waals surface area (Å²) in [5.41, 5.74) is 1.90. The van der Waals surface area contributed by atoms with Crippen LogP contribution in [0.25, 0.3) is 10.9 Å². The van der Waals surface area contributed by atoms with Crippen molar-refractivity contribution in [3.63, 3.8) is 0 Å². The zero-order chi connectivity index (χ0) is 15.5. The van der Waals surface area contributed by atoms with Gasteiger partial charge in [0, 0.05) is 30.7 Å². The number of rotatable bonds is 2. The maximum Gasteiger partial charge on any atom is 0.321 e. The van der Waals surface area contributed by atoms with Crippen LogP contribution in [0.4, 0.5) is 10.5 Å². The second-order valence-corrected chi connectivity index (χ2v) is 6.19. The van der Waals surface area contributed by atoms with Crippen molar-refractivity contribution in [2.45, 2.75) is 39.7 Å². The van der Waals surface area contributed by atoms with Crippen molar-refractivity contribution < 1.29 is 4.79 Å². The number of aromatic nitrogens is 2. The van der Waals surface area contributed by atoms with E-state index in [1.807, 2.05) is 34.0 Å². The molecule has 0 radical (unpaired) electrons. The number of amides is 2. The van der Waals surface area contributed by atoms with Crippen LogP contribution in [0.5, 0.6) is 0 Å². The maximum absolute atomic E-state index is 12.4. The number of benzene rings is 1. The van der Waals surface area contributed by atoms with Crippen LogP contribution >= 0.6 is 0 Å². The second kappa shape index (κ2) is 6.38. The molecule has 118 valence electrons. The Bertz CT molecular complexity index is 664. The van der Waals surface area contributed by atoms with Crippen LogP contribution in [0.1, 0.15) is 33.1 Å². The number of aryl methyl sites for hydroxylation is 1. The monoisotopic (exact) mass is 300 g/mol. The molecule has 1 saturated heterocycles. The van der Waals surface area contributed by atoms with Gasteiger partial charge in [-0.05, 0) is 50.3 Å². The van der Waals surface area contributed by atoms with Crippen LogP contribution < -0.4 is 5.32 Å². The normalized spacial score (nSPS) is 19.2. The first kappa shape index (κ1) is 14.9. The third-order valence-corrected chi connectivity index (χ3v) is 4.50. The third-order valence-electron chi connectivity index (χ3n) is 4.50. The predicted octanol–water partition coefficient (Wildman–Crippen LogP) is 3.71. The van der Waals surface area contributed by atoms with Gasteiger partial charge in [0.1, 0.15) is 0 Å². The van der Waals surface area contributed by atoms with E-state index in [0.717, 1.165) is 49.1 Å². The molecular formula is C17H24N4O. The van der Waals surface area contributed by atoms with Gasteiger partial charge in [-0.25, -0.2) is 4.79 Å². The molecule has 0 aliphatic carbocycles. The zero-order valence-electron chi connectivity index (χ0n) is 13.4. The molecule has 1 aromatic heterocycles. The van der Waals surface area contributed by atoms with Crippen LogP contribution in [0.3, 0.4) is 0 Å². The molecular weight excluding hydrogens is 276 g/mol. The van der Waals surface area contributed by atoms with Crippen molar-refractivity contribution >= 4 is 22.6 Å². The van der Waals surface area contributed by atoms with Gasteiger partial charge in [0.2, 0.25) is 0 Å². The lowest BCUT2D eigenvalue weighted by atomic mass is 10.0. The van der Waals surface area contributed by atoms with Gasteiger partial charge in [-0.3, -0.25) is 4.68 Å². The Labute approximate surface area is 131 Å². The first-order valence-electron chi connectivity index (χ1n) is 8.19. The number of hydrogen-bond donors (Lipinski definition) is 1. The Hall–Kier alpha value is -2.04. The Morgan fingerprint density at radius 1 is 1.36 bits per heavy atom. The summed E-state index contributed by atoms with van der Waals surface area (Å²) >= 11 is 0. The van der Waals surface area contributed by atoms with Crippen LogP contribution in [0.2, 0.25) is 0 Å². The largest absolute Gasteiger partial charge is 0.325 e. The summed E-state index contributed by atoms with van der Waals surface area (Å²) < 4.78 is 1.94. The van der Waals surface area contributed by atoms with E-state index in [1.54, 1.807) is 0 Å². The first-order chi connectivity index (χ1) is 10.7. The number of urea groups is 1. The van der Waals surface area contributed by atoms with Gasteiger partial charge in [0.25, 0.3) is 0 Å². The van der Waals surface area contributed by atoms with Crippen molar-refractivity contribution in [3.8, 4) is 0 Å². The highest BCUT2D eigenvalue weighted by atomic mass is 16.2.